The van der Waals surface area contributed by atoms with E-state index in [2.05, 4.69) is 5.32 Å². The number of carboxylic acid groups (broad SMARTS) is 1. The van der Waals surface area contributed by atoms with Gasteiger partial charge < -0.3 is 10.4 Å². The lowest BCUT2D eigenvalue weighted by Crippen LogP contribution is -2.42. The van der Waals surface area contributed by atoms with Crippen molar-refractivity contribution in [3.8, 4) is 0 Å². The fourth-order valence-electron chi connectivity index (χ4n) is 1.86. The van der Waals surface area contributed by atoms with E-state index in [-0.39, 0.29) is 12.3 Å². The van der Waals surface area contributed by atoms with Gasteiger partial charge >= 0.3 is 5.97 Å². The van der Waals surface area contributed by atoms with Crippen molar-refractivity contribution in [3.63, 3.8) is 0 Å². The summed E-state index contributed by atoms with van der Waals surface area (Å²) < 4.78 is 37.5. The van der Waals surface area contributed by atoms with Crippen LogP contribution < -0.4 is 5.32 Å². The van der Waals surface area contributed by atoms with Crippen molar-refractivity contribution in [3.05, 3.63) is 35.6 Å². The molecule has 0 heterocycles. The Labute approximate surface area is 120 Å². The molecule has 0 radical (unpaired) electrons. The third-order valence-electron chi connectivity index (χ3n) is 2.96. The molecule has 0 saturated heterocycles. The summed E-state index contributed by atoms with van der Waals surface area (Å²) in [6.07, 6.45) is -3.89. The summed E-state index contributed by atoms with van der Waals surface area (Å²) in [6, 6.07) is 4.04. The second-order valence-electron chi connectivity index (χ2n) is 4.75. The number of aliphatic carboxylic acids is 1. The first-order valence-corrected chi connectivity index (χ1v) is 6.35. The Kier molecular flexibility index (Phi) is 6.20. The standard InChI is InChI=1S/C14H16F3NO3/c1-8(9-3-2-4-10(15)6-9)5-13(19)18-11(14(20)21)7-12(16)17/h2-4,6,8,11-12H,5,7H2,1H3,(H,18,19)(H,20,21). The summed E-state index contributed by atoms with van der Waals surface area (Å²) in [5.74, 6) is -2.98. The number of hydrogen-bond acceptors (Lipinski definition) is 2. The van der Waals surface area contributed by atoms with Crippen LogP contribution in [0.25, 0.3) is 0 Å². The predicted octanol–water partition coefficient (Wildman–Crippen LogP) is 2.54. The van der Waals surface area contributed by atoms with Crippen molar-refractivity contribution in [2.45, 2.75) is 38.2 Å². The van der Waals surface area contributed by atoms with Gasteiger partial charge in [-0.3, -0.25) is 4.79 Å². The number of nitrogens with one attached hydrogen (secondary N) is 1. The van der Waals surface area contributed by atoms with Gasteiger partial charge in [0.15, 0.2) is 0 Å². The van der Waals surface area contributed by atoms with Gasteiger partial charge in [0.05, 0.1) is 0 Å². The van der Waals surface area contributed by atoms with Gasteiger partial charge in [0.25, 0.3) is 0 Å². The maximum atomic E-state index is 13.1. The highest BCUT2D eigenvalue weighted by molar-refractivity contribution is 5.83. The summed E-state index contributed by atoms with van der Waals surface area (Å²) >= 11 is 0. The van der Waals surface area contributed by atoms with Crippen molar-refractivity contribution in [1.29, 1.82) is 0 Å². The average Bonchev–Trinajstić information content (AvgIpc) is 2.37. The van der Waals surface area contributed by atoms with E-state index in [0.717, 1.165) is 0 Å². The van der Waals surface area contributed by atoms with Gasteiger partial charge in [0.2, 0.25) is 12.3 Å². The second-order valence-corrected chi connectivity index (χ2v) is 4.75. The van der Waals surface area contributed by atoms with Crippen LogP contribution in [0.2, 0.25) is 0 Å². The quantitative estimate of drug-likeness (QED) is 0.813. The lowest BCUT2D eigenvalue weighted by molar-refractivity contribution is -0.143. The zero-order chi connectivity index (χ0) is 16.0. The third kappa shape index (κ3) is 5.85. The number of rotatable bonds is 7. The van der Waals surface area contributed by atoms with Gasteiger partial charge in [-0.15, -0.1) is 0 Å². The molecule has 0 spiro atoms. The molecule has 1 amide bonds. The largest absolute Gasteiger partial charge is 0.480 e. The number of carbonyl (C=O) groups excluding carboxylic acids is 1. The zero-order valence-electron chi connectivity index (χ0n) is 11.4. The van der Waals surface area contributed by atoms with Crippen LogP contribution in [0.3, 0.4) is 0 Å². The maximum Gasteiger partial charge on any atom is 0.326 e. The molecule has 1 aromatic rings. The topological polar surface area (TPSA) is 66.4 Å². The van der Waals surface area contributed by atoms with E-state index in [1.807, 2.05) is 0 Å². The highest BCUT2D eigenvalue weighted by Crippen LogP contribution is 2.19. The third-order valence-corrected chi connectivity index (χ3v) is 2.96. The molecule has 2 unspecified atom stereocenters. The van der Waals surface area contributed by atoms with Gasteiger partial charge in [-0.1, -0.05) is 19.1 Å². The van der Waals surface area contributed by atoms with Crippen LogP contribution in [0.4, 0.5) is 13.2 Å². The zero-order valence-corrected chi connectivity index (χ0v) is 11.4. The van der Waals surface area contributed by atoms with Gasteiger partial charge in [0, 0.05) is 12.8 Å². The number of benzene rings is 1. The predicted molar refractivity (Wildman–Crippen MR) is 69.6 cm³/mol. The van der Waals surface area contributed by atoms with Gasteiger partial charge in [-0.2, -0.15) is 0 Å². The molecule has 4 nitrogen and oxygen atoms in total. The van der Waals surface area contributed by atoms with Crippen LogP contribution in [0.5, 0.6) is 0 Å². The summed E-state index contributed by atoms with van der Waals surface area (Å²) in [5.41, 5.74) is 0.575. The van der Waals surface area contributed by atoms with Gasteiger partial charge in [-0.05, 0) is 23.6 Å². The highest BCUT2D eigenvalue weighted by atomic mass is 19.3. The molecular formula is C14H16F3NO3. The van der Waals surface area contributed by atoms with Crippen molar-refractivity contribution < 1.29 is 27.9 Å². The van der Waals surface area contributed by atoms with E-state index in [0.29, 0.717) is 5.56 Å². The van der Waals surface area contributed by atoms with Crippen LogP contribution in [-0.2, 0) is 9.59 Å². The number of carboxylic acids is 1. The van der Waals surface area contributed by atoms with Crippen molar-refractivity contribution in [2.75, 3.05) is 0 Å². The fraction of sp³-hybridized carbons (Fsp3) is 0.429. The first-order valence-electron chi connectivity index (χ1n) is 6.35. The number of carbonyl (C=O) groups is 2. The lowest BCUT2D eigenvalue weighted by atomic mass is 9.97. The Morgan fingerprint density at radius 2 is 2.00 bits per heavy atom. The molecule has 0 bridgehead atoms. The molecule has 1 aromatic carbocycles. The van der Waals surface area contributed by atoms with Crippen molar-refractivity contribution in [2.24, 2.45) is 0 Å². The Balaban J connectivity index is 2.61. The molecule has 0 saturated carbocycles. The summed E-state index contributed by atoms with van der Waals surface area (Å²) in [7, 11) is 0. The van der Waals surface area contributed by atoms with Crippen LogP contribution in [0, 0.1) is 5.82 Å². The molecule has 7 heteroatoms. The smallest absolute Gasteiger partial charge is 0.326 e. The van der Waals surface area contributed by atoms with E-state index >= 15 is 0 Å². The minimum Gasteiger partial charge on any atom is -0.480 e. The van der Waals surface area contributed by atoms with Gasteiger partial charge in [0.1, 0.15) is 11.9 Å². The van der Waals surface area contributed by atoms with E-state index in [9.17, 15) is 22.8 Å². The van der Waals surface area contributed by atoms with E-state index in [1.165, 1.54) is 18.2 Å². The Bertz CT molecular complexity index is 508. The normalized spacial score (nSPS) is 13.8. The number of halogens is 3. The Hall–Kier alpha value is -2.05. The summed E-state index contributed by atoms with van der Waals surface area (Å²) in [4.78, 5) is 22.5. The van der Waals surface area contributed by atoms with E-state index in [4.69, 9.17) is 5.11 Å². The molecule has 21 heavy (non-hydrogen) atoms. The van der Waals surface area contributed by atoms with Crippen LogP contribution in [-0.4, -0.2) is 29.5 Å². The molecule has 2 N–H and O–H groups in total. The lowest BCUT2D eigenvalue weighted by Gasteiger charge is -2.16. The molecule has 1 rings (SSSR count). The molecule has 0 fully saturated rings. The highest BCUT2D eigenvalue weighted by Gasteiger charge is 2.24. The Morgan fingerprint density at radius 1 is 1.33 bits per heavy atom. The maximum absolute atomic E-state index is 13.1. The average molecular weight is 303 g/mol. The summed E-state index contributed by atoms with van der Waals surface area (Å²) in [6.45, 7) is 1.66. The molecule has 116 valence electrons. The molecule has 0 aromatic heterocycles. The van der Waals surface area contributed by atoms with E-state index in [1.54, 1.807) is 13.0 Å². The van der Waals surface area contributed by atoms with Crippen molar-refractivity contribution in [1.82, 2.24) is 5.32 Å². The number of alkyl halides is 2. The van der Waals surface area contributed by atoms with Crippen molar-refractivity contribution >= 4 is 11.9 Å². The minimum atomic E-state index is -2.83. The summed E-state index contributed by atoms with van der Waals surface area (Å²) in [5, 5.41) is 10.8. The second kappa shape index (κ2) is 7.66. The van der Waals surface area contributed by atoms with Crippen LogP contribution in [0.15, 0.2) is 24.3 Å². The molecule has 0 aliphatic rings. The van der Waals surface area contributed by atoms with Crippen LogP contribution in [0.1, 0.15) is 31.2 Å². The SMILES string of the molecule is CC(CC(=O)NC(CC(F)F)C(=O)O)c1cccc(F)c1. The first kappa shape index (κ1) is 17.0. The number of hydrogen-bond donors (Lipinski definition) is 2. The monoisotopic (exact) mass is 303 g/mol. The number of amides is 1. The molecular weight excluding hydrogens is 287 g/mol. The fourth-order valence-corrected chi connectivity index (χ4v) is 1.86. The van der Waals surface area contributed by atoms with Gasteiger partial charge in [-0.25, -0.2) is 18.0 Å². The van der Waals surface area contributed by atoms with E-state index < -0.39 is 36.6 Å². The molecule has 0 aliphatic heterocycles. The molecule has 2 atom stereocenters. The minimum absolute atomic E-state index is 0.115. The molecule has 0 aliphatic carbocycles. The van der Waals surface area contributed by atoms with Crippen LogP contribution >= 0.6 is 0 Å². The first-order chi connectivity index (χ1) is 9.79. The Morgan fingerprint density at radius 3 is 2.52 bits per heavy atom.